The number of rotatable bonds is 3. The molecule has 0 aromatic carbocycles. The highest BCUT2D eigenvalue weighted by atomic mass is 16.4. The molecule has 0 radical (unpaired) electrons. The van der Waals surface area contributed by atoms with Crippen LogP contribution < -0.4 is 5.32 Å². The van der Waals surface area contributed by atoms with E-state index in [1.54, 1.807) is 11.8 Å². The Morgan fingerprint density at radius 1 is 1.50 bits per heavy atom. The van der Waals surface area contributed by atoms with E-state index in [2.05, 4.69) is 5.32 Å². The predicted molar refractivity (Wildman–Crippen MR) is 71.1 cm³/mol. The maximum absolute atomic E-state index is 12.1. The van der Waals surface area contributed by atoms with Crippen LogP contribution in [-0.4, -0.2) is 65.0 Å². The van der Waals surface area contributed by atoms with Crippen molar-refractivity contribution in [2.24, 2.45) is 5.41 Å². The van der Waals surface area contributed by atoms with Crippen LogP contribution in [-0.2, 0) is 9.59 Å². The molecule has 0 aromatic rings. The second-order valence-electron chi connectivity index (χ2n) is 5.82. The molecule has 0 aromatic heterocycles. The molecular formula is C13H21N3O4. The topological polar surface area (TPSA) is 90.0 Å². The third kappa shape index (κ3) is 2.71. The van der Waals surface area contributed by atoms with Crippen LogP contribution >= 0.6 is 0 Å². The summed E-state index contributed by atoms with van der Waals surface area (Å²) in [5.74, 6) is -0.824. The number of amides is 3. The summed E-state index contributed by atoms with van der Waals surface area (Å²) in [5, 5.41) is 12.0. The van der Waals surface area contributed by atoms with Gasteiger partial charge in [0.15, 0.2) is 0 Å². The molecule has 2 aliphatic rings. The van der Waals surface area contributed by atoms with E-state index in [0.717, 1.165) is 0 Å². The van der Waals surface area contributed by atoms with E-state index in [1.807, 2.05) is 6.92 Å². The molecule has 2 rings (SSSR count). The smallest absolute Gasteiger partial charge is 0.317 e. The molecule has 0 bridgehead atoms. The monoisotopic (exact) mass is 283 g/mol. The lowest BCUT2D eigenvalue weighted by Gasteiger charge is -2.22. The summed E-state index contributed by atoms with van der Waals surface area (Å²) in [7, 11) is 0. The van der Waals surface area contributed by atoms with Gasteiger partial charge in [-0.3, -0.25) is 9.59 Å². The van der Waals surface area contributed by atoms with Crippen molar-refractivity contribution in [2.75, 3.05) is 26.2 Å². The summed E-state index contributed by atoms with van der Waals surface area (Å²) < 4.78 is 0. The average molecular weight is 283 g/mol. The zero-order valence-electron chi connectivity index (χ0n) is 11.9. The first-order valence-corrected chi connectivity index (χ1v) is 6.92. The number of likely N-dealkylation sites (tertiary alicyclic amines) is 2. The van der Waals surface area contributed by atoms with E-state index in [4.69, 9.17) is 5.11 Å². The van der Waals surface area contributed by atoms with Crippen molar-refractivity contribution in [1.82, 2.24) is 15.1 Å². The Labute approximate surface area is 117 Å². The summed E-state index contributed by atoms with van der Waals surface area (Å²) in [4.78, 5) is 38.1. The first kappa shape index (κ1) is 14.6. The molecule has 0 spiro atoms. The lowest BCUT2D eigenvalue weighted by molar-refractivity contribution is -0.147. The number of aliphatic carboxylic acids is 1. The lowest BCUT2D eigenvalue weighted by atomic mass is 9.90. The zero-order chi connectivity index (χ0) is 14.9. The fourth-order valence-electron chi connectivity index (χ4n) is 2.75. The number of likely N-dealkylation sites (N-methyl/N-ethyl adjacent to an activating group) is 1. The van der Waals surface area contributed by atoms with Crippen LogP contribution in [0.1, 0.15) is 26.7 Å². The number of carboxylic acid groups (broad SMARTS) is 1. The van der Waals surface area contributed by atoms with Gasteiger partial charge in [0.25, 0.3) is 0 Å². The Kier molecular flexibility index (Phi) is 3.87. The Balaban J connectivity index is 1.88. The van der Waals surface area contributed by atoms with Gasteiger partial charge in [0.05, 0.1) is 11.5 Å². The Hall–Kier alpha value is -1.79. The molecular weight excluding hydrogens is 262 g/mol. The van der Waals surface area contributed by atoms with Crippen molar-refractivity contribution in [1.29, 1.82) is 0 Å². The van der Waals surface area contributed by atoms with E-state index in [1.165, 1.54) is 4.90 Å². The van der Waals surface area contributed by atoms with E-state index in [9.17, 15) is 14.4 Å². The summed E-state index contributed by atoms with van der Waals surface area (Å²) in [6, 6.07) is -0.447. The molecule has 0 saturated carbocycles. The molecule has 2 unspecified atom stereocenters. The lowest BCUT2D eigenvalue weighted by Crippen LogP contribution is -2.46. The molecule has 7 heteroatoms. The number of nitrogens with one attached hydrogen (secondary N) is 1. The first-order valence-electron chi connectivity index (χ1n) is 6.92. The minimum Gasteiger partial charge on any atom is -0.481 e. The van der Waals surface area contributed by atoms with Crippen molar-refractivity contribution in [3.63, 3.8) is 0 Å². The SMILES string of the molecule is CCN1CC(NC(=O)N2CCC(C)(C(=O)O)C2)CC1=O. The van der Waals surface area contributed by atoms with Crippen LogP contribution in [0.15, 0.2) is 0 Å². The van der Waals surface area contributed by atoms with Crippen LogP contribution in [0.2, 0.25) is 0 Å². The minimum atomic E-state index is -0.874. The Bertz CT molecular complexity index is 439. The number of hydrogen-bond acceptors (Lipinski definition) is 3. The maximum Gasteiger partial charge on any atom is 0.317 e. The number of carboxylic acids is 1. The van der Waals surface area contributed by atoms with E-state index in [-0.39, 0.29) is 24.5 Å². The molecule has 2 atom stereocenters. The summed E-state index contributed by atoms with van der Waals surface area (Å²) in [5.41, 5.74) is -0.863. The molecule has 3 amide bonds. The van der Waals surface area contributed by atoms with Gasteiger partial charge in [0.1, 0.15) is 0 Å². The van der Waals surface area contributed by atoms with Crippen molar-refractivity contribution >= 4 is 17.9 Å². The highest BCUT2D eigenvalue weighted by Crippen LogP contribution is 2.30. The van der Waals surface area contributed by atoms with E-state index in [0.29, 0.717) is 32.5 Å². The maximum atomic E-state index is 12.1. The quantitative estimate of drug-likeness (QED) is 0.769. The zero-order valence-corrected chi connectivity index (χ0v) is 11.9. The summed E-state index contributed by atoms with van der Waals surface area (Å²) in [6.07, 6.45) is 0.782. The summed E-state index contributed by atoms with van der Waals surface area (Å²) >= 11 is 0. The third-order valence-corrected chi connectivity index (χ3v) is 4.20. The number of urea groups is 1. The van der Waals surface area contributed by atoms with E-state index < -0.39 is 11.4 Å². The highest BCUT2D eigenvalue weighted by Gasteiger charge is 2.42. The second kappa shape index (κ2) is 5.30. The van der Waals surface area contributed by atoms with Gasteiger partial charge in [-0.05, 0) is 20.3 Å². The van der Waals surface area contributed by atoms with Crippen molar-refractivity contribution < 1.29 is 19.5 Å². The Morgan fingerprint density at radius 2 is 2.20 bits per heavy atom. The number of carbonyl (C=O) groups excluding carboxylic acids is 2. The van der Waals surface area contributed by atoms with Crippen molar-refractivity contribution in [3.8, 4) is 0 Å². The molecule has 2 saturated heterocycles. The highest BCUT2D eigenvalue weighted by molar-refractivity contribution is 5.82. The molecule has 2 fully saturated rings. The van der Waals surface area contributed by atoms with Gasteiger partial charge in [0, 0.05) is 32.6 Å². The van der Waals surface area contributed by atoms with Crippen LogP contribution in [0.25, 0.3) is 0 Å². The summed E-state index contributed by atoms with van der Waals surface area (Å²) in [6.45, 7) is 5.39. The van der Waals surface area contributed by atoms with Crippen LogP contribution in [0.4, 0.5) is 4.79 Å². The van der Waals surface area contributed by atoms with Crippen LogP contribution in [0.3, 0.4) is 0 Å². The molecule has 7 nitrogen and oxygen atoms in total. The van der Waals surface area contributed by atoms with Gasteiger partial charge in [0.2, 0.25) is 5.91 Å². The van der Waals surface area contributed by atoms with Gasteiger partial charge in [-0.1, -0.05) is 0 Å². The molecule has 2 N–H and O–H groups in total. The molecule has 0 aliphatic carbocycles. The molecule has 2 heterocycles. The van der Waals surface area contributed by atoms with Crippen molar-refractivity contribution in [3.05, 3.63) is 0 Å². The van der Waals surface area contributed by atoms with Gasteiger partial charge in [-0.2, -0.15) is 0 Å². The number of nitrogens with zero attached hydrogens (tertiary/aromatic N) is 2. The Morgan fingerprint density at radius 3 is 2.70 bits per heavy atom. The van der Waals surface area contributed by atoms with Gasteiger partial charge in [-0.25, -0.2) is 4.79 Å². The first-order chi connectivity index (χ1) is 9.35. The normalized spacial score (nSPS) is 29.9. The van der Waals surface area contributed by atoms with Crippen LogP contribution in [0.5, 0.6) is 0 Å². The molecule has 20 heavy (non-hydrogen) atoms. The molecule has 2 aliphatic heterocycles. The molecule has 112 valence electrons. The minimum absolute atomic E-state index is 0.0506. The largest absolute Gasteiger partial charge is 0.481 e. The second-order valence-corrected chi connectivity index (χ2v) is 5.82. The van der Waals surface area contributed by atoms with Gasteiger partial charge in [-0.15, -0.1) is 0 Å². The fraction of sp³-hybridized carbons (Fsp3) is 0.769. The third-order valence-electron chi connectivity index (χ3n) is 4.20. The average Bonchev–Trinajstić information content (AvgIpc) is 2.94. The van der Waals surface area contributed by atoms with Gasteiger partial charge < -0.3 is 20.2 Å². The van der Waals surface area contributed by atoms with Gasteiger partial charge >= 0.3 is 12.0 Å². The van der Waals surface area contributed by atoms with E-state index >= 15 is 0 Å². The van der Waals surface area contributed by atoms with Crippen LogP contribution in [0, 0.1) is 5.41 Å². The number of hydrogen-bond donors (Lipinski definition) is 2. The number of carbonyl (C=O) groups is 3. The standard InChI is InChI=1S/C13H21N3O4/c1-3-15-7-9(6-10(15)17)14-12(20)16-5-4-13(2,8-16)11(18)19/h9H,3-8H2,1-2H3,(H,14,20)(H,18,19). The predicted octanol–water partition coefficient (Wildman–Crippen LogP) is 0.113. The van der Waals surface area contributed by atoms with Crippen molar-refractivity contribution in [2.45, 2.75) is 32.7 Å². The fourth-order valence-corrected chi connectivity index (χ4v) is 2.75.